The summed E-state index contributed by atoms with van der Waals surface area (Å²) in [6, 6.07) is 5.97. The van der Waals surface area contributed by atoms with Crippen molar-refractivity contribution >= 4 is 40.0 Å². The van der Waals surface area contributed by atoms with E-state index in [1.807, 2.05) is 0 Å². The average Bonchev–Trinajstić information content (AvgIpc) is 3.37. The number of carbonyl (C=O) groups excluding carboxylic acids is 3. The molecule has 0 aliphatic carbocycles. The summed E-state index contributed by atoms with van der Waals surface area (Å²) in [5, 5.41) is 15.4. The van der Waals surface area contributed by atoms with Gasteiger partial charge < -0.3 is 14.5 Å². The van der Waals surface area contributed by atoms with Crippen LogP contribution in [0.5, 0.6) is 0 Å². The van der Waals surface area contributed by atoms with E-state index in [0.717, 1.165) is 11.3 Å². The van der Waals surface area contributed by atoms with E-state index in [1.54, 1.807) is 38.3 Å². The molecule has 34 heavy (non-hydrogen) atoms. The van der Waals surface area contributed by atoms with E-state index in [9.17, 15) is 24.5 Å². The molecule has 0 fully saturated rings. The smallest absolute Gasteiger partial charge is 0.355 e. The van der Waals surface area contributed by atoms with Crippen molar-refractivity contribution < 1.29 is 28.8 Å². The van der Waals surface area contributed by atoms with Gasteiger partial charge in [-0.05, 0) is 33.3 Å². The fraction of sp³-hybridized carbons (Fsp3) is 0.273. The molecule has 1 aromatic carbocycles. The van der Waals surface area contributed by atoms with Crippen LogP contribution in [0.25, 0.3) is 11.3 Å². The molecule has 12 heteroatoms. The summed E-state index contributed by atoms with van der Waals surface area (Å²) in [4.78, 5) is 54.8. The third-order valence-corrected chi connectivity index (χ3v) is 5.62. The molecule has 1 atom stereocenters. The van der Waals surface area contributed by atoms with E-state index in [1.165, 1.54) is 19.1 Å². The number of hydrogen-bond donors (Lipinski definition) is 2. The van der Waals surface area contributed by atoms with Crippen LogP contribution in [0.1, 0.15) is 46.0 Å². The van der Waals surface area contributed by atoms with Gasteiger partial charge in [0.05, 0.1) is 22.8 Å². The Balaban J connectivity index is 1.67. The molecule has 1 unspecified atom stereocenters. The van der Waals surface area contributed by atoms with Crippen molar-refractivity contribution in [3.05, 3.63) is 62.3 Å². The van der Waals surface area contributed by atoms with Crippen molar-refractivity contribution in [3.8, 4) is 11.3 Å². The van der Waals surface area contributed by atoms with E-state index >= 15 is 0 Å². The van der Waals surface area contributed by atoms with Crippen LogP contribution in [0, 0.1) is 24.0 Å². The minimum atomic E-state index is -1.16. The number of non-ortho nitro benzene ring substituents is 1. The van der Waals surface area contributed by atoms with Crippen LogP contribution < -0.4 is 5.32 Å². The van der Waals surface area contributed by atoms with E-state index in [0.29, 0.717) is 22.5 Å². The van der Waals surface area contributed by atoms with Crippen LogP contribution in [0.4, 0.5) is 10.8 Å². The van der Waals surface area contributed by atoms with Crippen LogP contribution in [0.2, 0.25) is 0 Å². The summed E-state index contributed by atoms with van der Waals surface area (Å²) >= 11 is 1.12. The normalized spacial score (nSPS) is 11.5. The number of esters is 2. The van der Waals surface area contributed by atoms with Gasteiger partial charge in [0, 0.05) is 28.8 Å². The number of aromatic amines is 1. The van der Waals surface area contributed by atoms with E-state index in [4.69, 9.17) is 9.47 Å². The van der Waals surface area contributed by atoms with Crippen LogP contribution in [-0.2, 0) is 14.3 Å². The number of rotatable bonds is 8. The van der Waals surface area contributed by atoms with Gasteiger partial charge in [0.1, 0.15) is 5.69 Å². The first-order chi connectivity index (χ1) is 16.1. The Kier molecular flexibility index (Phi) is 7.41. The van der Waals surface area contributed by atoms with Gasteiger partial charge in [-0.1, -0.05) is 12.1 Å². The number of hydrogen-bond acceptors (Lipinski definition) is 9. The minimum absolute atomic E-state index is 0.0578. The van der Waals surface area contributed by atoms with Gasteiger partial charge >= 0.3 is 11.9 Å². The van der Waals surface area contributed by atoms with Crippen LogP contribution in [0.15, 0.2) is 29.6 Å². The lowest BCUT2D eigenvalue weighted by atomic mass is 10.1. The largest absolute Gasteiger partial charge is 0.462 e. The number of benzene rings is 1. The fourth-order valence-corrected chi connectivity index (χ4v) is 3.91. The monoisotopic (exact) mass is 486 g/mol. The zero-order valence-corrected chi connectivity index (χ0v) is 19.6. The van der Waals surface area contributed by atoms with Crippen LogP contribution in [-0.4, -0.2) is 45.4 Å². The molecular formula is C22H22N4O7S. The van der Waals surface area contributed by atoms with Crippen LogP contribution >= 0.6 is 11.3 Å². The number of nitro groups is 1. The van der Waals surface area contributed by atoms with Gasteiger partial charge in [-0.15, -0.1) is 11.3 Å². The summed E-state index contributed by atoms with van der Waals surface area (Å²) < 4.78 is 10.3. The third kappa shape index (κ3) is 5.29. The number of carbonyl (C=O) groups is 3. The Morgan fingerprint density at radius 1 is 1.26 bits per heavy atom. The lowest BCUT2D eigenvalue weighted by Crippen LogP contribution is -2.30. The molecule has 1 amide bonds. The van der Waals surface area contributed by atoms with Gasteiger partial charge in [-0.25, -0.2) is 14.6 Å². The second-order valence-electron chi connectivity index (χ2n) is 7.23. The van der Waals surface area contributed by atoms with Crippen molar-refractivity contribution in [1.82, 2.24) is 9.97 Å². The predicted molar refractivity (Wildman–Crippen MR) is 124 cm³/mol. The number of H-pyrrole nitrogens is 1. The first-order valence-electron chi connectivity index (χ1n) is 10.2. The summed E-state index contributed by atoms with van der Waals surface area (Å²) in [7, 11) is 0. The van der Waals surface area contributed by atoms with E-state index < -0.39 is 28.9 Å². The number of nitro benzene ring substituents is 1. The highest BCUT2D eigenvalue weighted by molar-refractivity contribution is 7.14. The maximum absolute atomic E-state index is 12.6. The molecule has 0 bridgehead atoms. The van der Waals surface area contributed by atoms with Crippen molar-refractivity contribution in [2.24, 2.45) is 0 Å². The summed E-state index contributed by atoms with van der Waals surface area (Å²) in [5.41, 5.74) is 2.05. The maximum atomic E-state index is 12.6. The van der Waals surface area contributed by atoms with Gasteiger partial charge in [-0.3, -0.25) is 20.2 Å². The van der Waals surface area contributed by atoms with Gasteiger partial charge in [0.2, 0.25) is 0 Å². The lowest BCUT2D eigenvalue weighted by Gasteiger charge is -2.12. The van der Waals surface area contributed by atoms with Gasteiger partial charge in [0.25, 0.3) is 11.6 Å². The number of nitrogens with one attached hydrogen (secondary N) is 2. The molecule has 3 aromatic rings. The third-order valence-electron chi connectivity index (χ3n) is 4.86. The molecule has 2 N–H and O–H groups in total. The number of anilines is 1. The molecular weight excluding hydrogens is 464 g/mol. The summed E-state index contributed by atoms with van der Waals surface area (Å²) in [5.74, 6) is -1.96. The molecule has 0 aliphatic rings. The van der Waals surface area contributed by atoms with Gasteiger partial charge in [-0.2, -0.15) is 0 Å². The maximum Gasteiger partial charge on any atom is 0.355 e. The molecule has 0 saturated heterocycles. The Morgan fingerprint density at radius 2 is 2.00 bits per heavy atom. The predicted octanol–water partition coefficient (Wildman–Crippen LogP) is 4.02. The molecule has 3 rings (SSSR count). The Bertz CT molecular complexity index is 1260. The highest BCUT2D eigenvalue weighted by Gasteiger charge is 2.26. The van der Waals surface area contributed by atoms with E-state index in [-0.39, 0.29) is 28.7 Å². The number of aromatic nitrogens is 2. The first kappa shape index (κ1) is 24.6. The van der Waals surface area contributed by atoms with Crippen molar-refractivity contribution in [1.29, 1.82) is 0 Å². The summed E-state index contributed by atoms with van der Waals surface area (Å²) in [6.45, 7) is 6.49. The highest BCUT2D eigenvalue weighted by atomic mass is 32.1. The van der Waals surface area contributed by atoms with Crippen LogP contribution in [0.3, 0.4) is 0 Å². The summed E-state index contributed by atoms with van der Waals surface area (Å²) in [6.07, 6.45) is -1.16. The lowest BCUT2D eigenvalue weighted by molar-refractivity contribution is -0.384. The molecule has 0 aliphatic heterocycles. The van der Waals surface area contributed by atoms with Gasteiger partial charge in [0.15, 0.2) is 11.2 Å². The quantitative estimate of drug-likeness (QED) is 0.275. The molecule has 2 heterocycles. The number of aryl methyl sites for hydroxylation is 1. The molecule has 11 nitrogen and oxygen atoms in total. The van der Waals surface area contributed by atoms with Crippen molar-refractivity contribution in [3.63, 3.8) is 0 Å². The highest BCUT2D eigenvalue weighted by Crippen LogP contribution is 2.27. The van der Waals surface area contributed by atoms with Crippen molar-refractivity contribution in [2.75, 3.05) is 11.9 Å². The number of thiazole rings is 1. The van der Waals surface area contributed by atoms with E-state index in [2.05, 4.69) is 15.3 Å². The van der Waals surface area contributed by atoms with Crippen molar-refractivity contribution in [2.45, 2.75) is 33.8 Å². The molecule has 0 radical (unpaired) electrons. The minimum Gasteiger partial charge on any atom is -0.462 e. The SMILES string of the molecule is CCOC(=O)c1c(C)[nH]c(C(=O)OC(C)C(=O)Nc2nc(-c3cccc([N+](=O)[O-])c3)cs2)c1C. The topological polar surface area (TPSA) is 154 Å². The Hall–Kier alpha value is -4.06. The second-order valence-corrected chi connectivity index (χ2v) is 8.09. The molecule has 0 spiro atoms. The first-order valence-corrected chi connectivity index (χ1v) is 11.1. The molecule has 2 aromatic heterocycles. The standard InChI is InChI=1S/C22H22N4O7S/c1-5-32-20(28)17-11(2)18(23-12(17)3)21(29)33-13(4)19(27)25-22-24-16(10-34-22)14-7-6-8-15(9-14)26(30)31/h6-10,13,23H,5H2,1-4H3,(H,24,25,27). The average molecular weight is 487 g/mol. The Labute approximate surface area is 198 Å². The number of nitrogens with zero attached hydrogens (tertiary/aromatic N) is 2. The fourth-order valence-electron chi connectivity index (χ4n) is 3.19. The second kappa shape index (κ2) is 10.3. The molecule has 178 valence electrons. The Morgan fingerprint density at radius 3 is 2.68 bits per heavy atom. The number of amides is 1. The zero-order valence-electron chi connectivity index (χ0n) is 18.8. The molecule has 0 saturated carbocycles. The number of ether oxygens (including phenoxy) is 2. The zero-order chi connectivity index (χ0) is 25.0.